The standard InChI is InChI=1S/C33H41N5O3/c1-3-4-5-7-25(2)30-23-27(10-11-31(30)41-29-12-13-35-24-29)33(40)38-20-18-37(19-21-38)32(39)26-8-6-9-28(22-26)36-16-14-34-15-17-36/h3-11,22-23,29,34-35H,2,12-21,24H2,1H3/b4-3-,7-5-. The molecule has 1 unspecified atom stereocenters. The van der Waals surface area contributed by atoms with Gasteiger partial charge in [0, 0.05) is 81.3 Å². The first-order valence-corrected chi connectivity index (χ1v) is 14.7. The summed E-state index contributed by atoms with van der Waals surface area (Å²) in [6.07, 6.45) is 8.83. The topological polar surface area (TPSA) is 77.2 Å². The number of piperazine rings is 2. The van der Waals surface area contributed by atoms with Crippen molar-refractivity contribution in [2.75, 3.05) is 70.3 Å². The van der Waals surface area contributed by atoms with E-state index in [4.69, 9.17) is 4.74 Å². The van der Waals surface area contributed by atoms with Crippen molar-refractivity contribution >= 4 is 23.1 Å². The first kappa shape index (κ1) is 28.6. The molecule has 2 N–H and O–H groups in total. The van der Waals surface area contributed by atoms with E-state index in [1.165, 1.54) is 0 Å². The second-order valence-corrected chi connectivity index (χ2v) is 10.7. The average molecular weight is 556 g/mol. The maximum absolute atomic E-state index is 13.6. The number of carbonyl (C=O) groups excluding carboxylic acids is 2. The summed E-state index contributed by atoms with van der Waals surface area (Å²) in [5.74, 6) is 0.714. The van der Waals surface area contributed by atoms with E-state index in [0.29, 0.717) is 37.3 Å². The number of hydrogen-bond acceptors (Lipinski definition) is 6. The summed E-state index contributed by atoms with van der Waals surface area (Å²) in [5.41, 5.74) is 3.99. The summed E-state index contributed by atoms with van der Waals surface area (Å²) in [7, 11) is 0. The molecule has 3 aliphatic rings. The van der Waals surface area contributed by atoms with Crippen molar-refractivity contribution in [1.29, 1.82) is 0 Å². The van der Waals surface area contributed by atoms with Crippen molar-refractivity contribution in [3.05, 3.63) is 90.0 Å². The summed E-state index contributed by atoms with van der Waals surface area (Å²) in [5, 5.41) is 6.70. The first-order valence-electron chi connectivity index (χ1n) is 14.7. The number of nitrogens with one attached hydrogen (secondary N) is 2. The van der Waals surface area contributed by atoms with Gasteiger partial charge >= 0.3 is 0 Å². The Labute approximate surface area is 243 Å². The molecule has 0 radical (unpaired) electrons. The largest absolute Gasteiger partial charge is 0.488 e. The van der Waals surface area contributed by atoms with Crippen LogP contribution in [0.1, 0.15) is 39.6 Å². The molecular weight excluding hydrogens is 514 g/mol. The molecule has 2 aromatic carbocycles. The Morgan fingerprint density at radius 3 is 2.24 bits per heavy atom. The number of benzene rings is 2. The maximum Gasteiger partial charge on any atom is 0.254 e. The molecule has 8 nitrogen and oxygen atoms in total. The molecule has 0 aliphatic carbocycles. The van der Waals surface area contributed by atoms with E-state index in [2.05, 4.69) is 28.2 Å². The number of carbonyl (C=O) groups is 2. The molecule has 3 saturated heterocycles. The fourth-order valence-corrected chi connectivity index (χ4v) is 5.53. The number of amides is 2. The van der Waals surface area contributed by atoms with Gasteiger partial charge in [0.15, 0.2) is 0 Å². The Bertz CT molecular complexity index is 1300. The van der Waals surface area contributed by atoms with Gasteiger partial charge in [-0.1, -0.05) is 36.9 Å². The van der Waals surface area contributed by atoms with Crippen LogP contribution in [0.3, 0.4) is 0 Å². The minimum Gasteiger partial charge on any atom is -0.488 e. The van der Waals surface area contributed by atoms with Gasteiger partial charge in [0.25, 0.3) is 11.8 Å². The summed E-state index contributed by atoms with van der Waals surface area (Å²) in [4.78, 5) is 32.9. The third-order valence-corrected chi connectivity index (χ3v) is 7.91. The monoisotopic (exact) mass is 555 g/mol. The number of ether oxygens (including phenoxy) is 1. The van der Waals surface area contributed by atoms with Crippen LogP contribution in [0.2, 0.25) is 0 Å². The molecule has 0 bridgehead atoms. The van der Waals surface area contributed by atoms with Gasteiger partial charge in [-0.05, 0) is 61.9 Å². The summed E-state index contributed by atoms with van der Waals surface area (Å²) < 4.78 is 6.29. The Morgan fingerprint density at radius 1 is 0.878 bits per heavy atom. The number of nitrogens with zero attached hydrogens (tertiary/aromatic N) is 3. The molecule has 3 heterocycles. The van der Waals surface area contributed by atoms with Gasteiger partial charge in [-0.3, -0.25) is 9.59 Å². The van der Waals surface area contributed by atoms with Crippen molar-refractivity contribution in [3.8, 4) is 5.75 Å². The van der Waals surface area contributed by atoms with E-state index in [9.17, 15) is 9.59 Å². The Morgan fingerprint density at radius 2 is 1.59 bits per heavy atom. The minimum atomic E-state index is -0.0432. The zero-order valence-corrected chi connectivity index (χ0v) is 24.0. The summed E-state index contributed by atoms with van der Waals surface area (Å²) >= 11 is 0. The molecule has 5 rings (SSSR count). The van der Waals surface area contributed by atoms with Gasteiger partial charge in [0.05, 0.1) is 0 Å². The number of allylic oxidation sites excluding steroid dienone is 5. The Balaban J connectivity index is 1.25. The van der Waals surface area contributed by atoms with Crippen LogP contribution in [0.25, 0.3) is 5.57 Å². The van der Waals surface area contributed by atoms with Crippen LogP contribution in [-0.2, 0) is 0 Å². The molecule has 2 aromatic rings. The number of hydrogen-bond donors (Lipinski definition) is 2. The highest BCUT2D eigenvalue weighted by Crippen LogP contribution is 2.30. The molecule has 8 heteroatoms. The van der Waals surface area contributed by atoms with Crippen LogP contribution >= 0.6 is 0 Å². The Hall–Kier alpha value is -3.88. The van der Waals surface area contributed by atoms with Crippen LogP contribution in [0, 0.1) is 0 Å². The third kappa shape index (κ3) is 7.07. The highest BCUT2D eigenvalue weighted by molar-refractivity contribution is 5.97. The Kier molecular flexibility index (Phi) is 9.54. The molecular formula is C33H41N5O3. The molecule has 3 aliphatic heterocycles. The van der Waals surface area contributed by atoms with Gasteiger partial charge in [-0.15, -0.1) is 0 Å². The molecule has 0 aromatic heterocycles. The lowest BCUT2D eigenvalue weighted by Gasteiger charge is -2.35. The predicted octanol–water partition coefficient (Wildman–Crippen LogP) is 3.58. The third-order valence-electron chi connectivity index (χ3n) is 7.91. The van der Waals surface area contributed by atoms with Gasteiger partial charge in [0.1, 0.15) is 11.9 Å². The lowest BCUT2D eigenvalue weighted by Crippen LogP contribution is -2.50. The molecule has 41 heavy (non-hydrogen) atoms. The van der Waals surface area contributed by atoms with Gasteiger partial charge in [-0.2, -0.15) is 0 Å². The average Bonchev–Trinajstić information content (AvgIpc) is 3.54. The smallest absolute Gasteiger partial charge is 0.254 e. The quantitative estimate of drug-likeness (QED) is 0.485. The molecule has 0 spiro atoms. The van der Waals surface area contributed by atoms with E-state index >= 15 is 0 Å². The molecule has 216 valence electrons. The molecule has 0 saturated carbocycles. The van der Waals surface area contributed by atoms with Gasteiger partial charge in [0.2, 0.25) is 0 Å². The fourth-order valence-electron chi connectivity index (χ4n) is 5.53. The van der Waals surface area contributed by atoms with E-state index in [1.54, 1.807) is 0 Å². The highest BCUT2D eigenvalue weighted by atomic mass is 16.5. The lowest BCUT2D eigenvalue weighted by atomic mass is 10.0. The lowest BCUT2D eigenvalue weighted by molar-refractivity contribution is 0.0535. The second kappa shape index (κ2) is 13.7. The SMILES string of the molecule is C=C(/C=C\C=C/C)c1cc(C(=O)N2CCN(C(=O)c3cccc(N4CCNCC4)c3)CC2)ccc1OC1CCNC1. The second-order valence-electron chi connectivity index (χ2n) is 10.7. The molecule has 3 fully saturated rings. The van der Waals surface area contributed by atoms with Crippen LogP contribution in [0.4, 0.5) is 5.69 Å². The maximum atomic E-state index is 13.6. The van der Waals surface area contributed by atoms with Crippen molar-refractivity contribution in [1.82, 2.24) is 20.4 Å². The minimum absolute atomic E-state index is 0.0171. The molecule has 1 atom stereocenters. The van der Waals surface area contributed by atoms with E-state index in [0.717, 1.165) is 68.3 Å². The van der Waals surface area contributed by atoms with Crippen molar-refractivity contribution in [2.45, 2.75) is 19.4 Å². The number of anilines is 1. The van der Waals surface area contributed by atoms with E-state index in [-0.39, 0.29) is 17.9 Å². The van der Waals surface area contributed by atoms with Crippen molar-refractivity contribution in [2.24, 2.45) is 0 Å². The fraction of sp³-hybridized carbons (Fsp3) is 0.394. The highest BCUT2D eigenvalue weighted by Gasteiger charge is 2.27. The van der Waals surface area contributed by atoms with Crippen LogP contribution < -0.4 is 20.3 Å². The number of rotatable bonds is 8. The van der Waals surface area contributed by atoms with Crippen LogP contribution in [0.15, 0.2) is 73.3 Å². The normalized spacial score (nSPS) is 19.7. The van der Waals surface area contributed by atoms with Gasteiger partial charge < -0.3 is 30.1 Å². The molecule has 2 amide bonds. The van der Waals surface area contributed by atoms with Crippen LogP contribution in [0.5, 0.6) is 5.75 Å². The van der Waals surface area contributed by atoms with Crippen molar-refractivity contribution in [3.63, 3.8) is 0 Å². The summed E-state index contributed by atoms with van der Waals surface area (Å²) in [6, 6.07) is 13.5. The van der Waals surface area contributed by atoms with E-state index in [1.807, 2.05) is 77.4 Å². The van der Waals surface area contributed by atoms with Crippen molar-refractivity contribution < 1.29 is 14.3 Å². The van der Waals surface area contributed by atoms with Crippen LogP contribution in [-0.4, -0.2) is 93.2 Å². The van der Waals surface area contributed by atoms with E-state index < -0.39 is 0 Å². The summed E-state index contributed by atoms with van der Waals surface area (Å²) in [6.45, 7) is 13.7. The predicted molar refractivity (Wildman–Crippen MR) is 165 cm³/mol. The first-order chi connectivity index (χ1) is 20.0. The zero-order chi connectivity index (χ0) is 28.6. The zero-order valence-electron chi connectivity index (χ0n) is 24.0. The van der Waals surface area contributed by atoms with Gasteiger partial charge in [-0.25, -0.2) is 0 Å².